The second kappa shape index (κ2) is 4.81. The van der Waals surface area contributed by atoms with Crippen LogP contribution in [-0.4, -0.2) is 17.3 Å². The number of rotatable bonds is 5. The van der Waals surface area contributed by atoms with Crippen LogP contribution in [0.5, 0.6) is 0 Å². The first-order chi connectivity index (χ1) is 7.74. The van der Waals surface area contributed by atoms with Crippen molar-refractivity contribution in [3.63, 3.8) is 0 Å². The fourth-order valence-corrected chi connectivity index (χ4v) is 2.04. The van der Waals surface area contributed by atoms with E-state index in [1.165, 1.54) is 5.56 Å². The number of aliphatic hydroxyl groups excluding tert-OH is 1. The number of benzene rings is 1. The molecule has 0 unspecified atom stereocenters. The quantitative estimate of drug-likeness (QED) is 0.609. The van der Waals surface area contributed by atoms with Crippen LogP contribution in [-0.2, 0) is 4.74 Å². The molecule has 0 aromatic heterocycles. The number of epoxide rings is 1. The topological polar surface area (TPSA) is 32.8 Å². The lowest BCUT2D eigenvalue weighted by Gasteiger charge is -2.14. The summed E-state index contributed by atoms with van der Waals surface area (Å²) in [6.07, 6.45) is 2.34. The Bertz CT molecular complexity index is 347. The Labute approximate surface area is 96.6 Å². The van der Waals surface area contributed by atoms with Crippen molar-refractivity contribution in [1.82, 2.24) is 0 Å². The maximum Gasteiger partial charge on any atom is 0.110 e. The molecule has 0 aliphatic carbocycles. The number of aliphatic hydroxyl groups is 1. The lowest BCUT2D eigenvalue weighted by Crippen LogP contribution is -2.22. The van der Waals surface area contributed by atoms with E-state index in [-0.39, 0.29) is 24.2 Å². The van der Waals surface area contributed by atoms with Crippen LogP contribution in [0.2, 0.25) is 0 Å². The fourth-order valence-electron chi connectivity index (χ4n) is 2.04. The molecule has 1 aliphatic rings. The second-order valence-corrected chi connectivity index (χ2v) is 4.38. The van der Waals surface area contributed by atoms with Gasteiger partial charge in [-0.05, 0) is 12.0 Å². The van der Waals surface area contributed by atoms with Crippen molar-refractivity contribution in [3.8, 4) is 0 Å². The largest absolute Gasteiger partial charge is 0.392 e. The zero-order valence-corrected chi connectivity index (χ0v) is 9.54. The van der Waals surface area contributed by atoms with Gasteiger partial charge < -0.3 is 9.84 Å². The summed E-state index contributed by atoms with van der Waals surface area (Å²) < 4.78 is 5.64. The van der Waals surface area contributed by atoms with E-state index in [1.54, 1.807) is 6.08 Å². The third kappa shape index (κ3) is 2.34. The van der Waals surface area contributed by atoms with Gasteiger partial charge in [-0.15, -0.1) is 6.58 Å². The molecule has 0 spiro atoms. The molecule has 0 bridgehead atoms. The van der Waals surface area contributed by atoms with E-state index in [1.807, 2.05) is 25.1 Å². The van der Waals surface area contributed by atoms with Crippen molar-refractivity contribution in [1.29, 1.82) is 0 Å². The Kier molecular flexibility index (Phi) is 3.42. The molecule has 2 nitrogen and oxygen atoms in total. The molecule has 4 atom stereocenters. The third-order valence-corrected chi connectivity index (χ3v) is 3.19. The molecule has 0 amide bonds. The minimum atomic E-state index is -0.351. The maximum atomic E-state index is 9.84. The highest BCUT2D eigenvalue weighted by Crippen LogP contribution is 2.44. The summed E-state index contributed by atoms with van der Waals surface area (Å²) in [5.74, 6) is 0.156. The van der Waals surface area contributed by atoms with Crippen LogP contribution < -0.4 is 0 Å². The Hall–Kier alpha value is -1.12. The second-order valence-electron chi connectivity index (χ2n) is 4.38. The number of hydrogen-bond donors (Lipinski definition) is 1. The molecule has 1 saturated heterocycles. The van der Waals surface area contributed by atoms with Gasteiger partial charge in [0.05, 0.1) is 12.2 Å². The lowest BCUT2D eigenvalue weighted by molar-refractivity contribution is 0.101. The maximum absolute atomic E-state index is 9.84. The van der Waals surface area contributed by atoms with Gasteiger partial charge in [-0.3, -0.25) is 0 Å². The zero-order valence-electron chi connectivity index (χ0n) is 9.54. The van der Waals surface area contributed by atoms with Gasteiger partial charge in [-0.1, -0.05) is 43.3 Å². The van der Waals surface area contributed by atoms with E-state index >= 15 is 0 Å². The third-order valence-electron chi connectivity index (χ3n) is 3.19. The minimum Gasteiger partial charge on any atom is -0.392 e. The van der Waals surface area contributed by atoms with Crippen LogP contribution in [0.4, 0.5) is 0 Å². The first-order valence-electron chi connectivity index (χ1n) is 5.73. The van der Waals surface area contributed by atoms with Gasteiger partial charge in [0.2, 0.25) is 0 Å². The van der Waals surface area contributed by atoms with Crippen LogP contribution in [0.3, 0.4) is 0 Å². The SMILES string of the molecule is C=CC[C@H](O)[C@H](C)[C@H]1O[C@@H]1c1ccccc1. The van der Waals surface area contributed by atoms with E-state index < -0.39 is 0 Å². The van der Waals surface area contributed by atoms with Gasteiger partial charge >= 0.3 is 0 Å². The van der Waals surface area contributed by atoms with E-state index in [0.29, 0.717) is 6.42 Å². The lowest BCUT2D eigenvalue weighted by atomic mass is 9.94. The number of ether oxygens (including phenoxy) is 1. The van der Waals surface area contributed by atoms with Crippen molar-refractivity contribution in [3.05, 3.63) is 48.6 Å². The predicted molar refractivity (Wildman–Crippen MR) is 64.0 cm³/mol. The van der Waals surface area contributed by atoms with Gasteiger partial charge in [-0.2, -0.15) is 0 Å². The molecule has 86 valence electrons. The Morgan fingerprint density at radius 3 is 2.75 bits per heavy atom. The molecule has 2 heteroatoms. The first-order valence-corrected chi connectivity index (χ1v) is 5.73. The smallest absolute Gasteiger partial charge is 0.110 e. The molecule has 1 aromatic rings. The monoisotopic (exact) mass is 218 g/mol. The summed E-state index contributed by atoms with van der Waals surface area (Å²) in [4.78, 5) is 0. The normalized spacial score (nSPS) is 27.1. The van der Waals surface area contributed by atoms with Gasteiger partial charge in [0.25, 0.3) is 0 Å². The Balaban J connectivity index is 1.94. The van der Waals surface area contributed by atoms with E-state index in [9.17, 15) is 5.11 Å². The summed E-state index contributed by atoms with van der Waals surface area (Å²) in [6.45, 7) is 5.67. The highest BCUT2D eigenvalue weighted by molar-refractivity contribution is 5.22. The highest BCUT2D eigenvalue weighted by atomic mass is 16.6. The average molecular weight is 218 g/mol. The summed E-state index contributed by atoms with van der Waals surface area (Å²) >= 11 is 0. The summed E-state index contributed by atoms with van der Waals surface area (Å²) in [5.41, 5.74) is 1.20. The van der Waals surface area contributed by atoms with Crippen molar-refractivity contribution >= 4 is 0 Å². The molecule has 1 N–H and O–H groups in total. The summed E-state index contributed by atoms with van der Waals surface area (Å²) in [6, 6.07) is 10.2. The summed E-state index contributed by atoms with van der Waals surface area (Å²) in [7, 11) is 0. The molecule has 1 aromatic carbocycles. The van der Waals surface area contributed by atoms with E-state index in [2.05, 4.69) is 18.7 Å². The number of hydrogen-bond acceptors (Lipinski definition) is 2. The highest BCUT2D eigenvalue weighted by Gasteiger charge is 2.45. The molecule has 0 saturated carbocycles. The zero-order chi connectivity index (χ0) is 11.5. The van der Waals surface area contributed by atoms with Crippen LogP contribution in [0.25, 0.3) is 0 Å². The van der Waals surface area contributed by atoms with Gasteiger partial charge in [-0.25, -0.2) is 0 Å². The molecule has 1 aliphatic heterocycles. The molecule has 0 radical (unpaired) electrons. The molecule has 16 heavy (non-hydrogen) atoms. The molecular formula is C14H18O2. The van der Waals surface area contributed by atoms with Crippen molar-refractivity contribution in [2.24, 2.45) is 5.92 Å². The van der Waals surface area contributed by atoms with Gasteiger partial charge in [0.15, 0.2) is 0 Å². The Morgan fingerprint density at radius 1 is 1.44 bits per heavy atom. The Morgan fingerprint density at radius 2 is 2.12 bits per heavy atom. The van der Waals surface area contributed by atoms with Crippen molar-refractivity contribution < 1.29 is 9.84 Å². The van der Waals surface area contributed by atoms with E-state index in [4.69, 9.17) is 4.74 Å². The minimum absolute atomic E-state index is 0.150. The van der Waals surface area contributed by atoms with Crippen LogP contribution in [0, 0.1) is 5.92 Å². The molecule has 2 rings (SSSR count). The van der Waals surface area contributed by atoms with Crippen LogP contribution in [0.1, 0.15) is 25.0 Å². The predicted octanol–water partition coefficient (Wildman–Crippen LogP) is 2.70. The standard InChI is InChI=1S/C14H18O2/c1-3-7-12(15)10(2)13-14(16-13)11-8-5-4-6-9-11/h3-6,8-10,12-15H,1,7H2,2H3/t10-,12-,13+,14+/m0/s1. The van der Waals surface area contributed by atoms with Crippen molar-refractivity contribution in [2.75, 3.05) is 0 Å². The molecular weight excluding hydrogens is 200 g/mol. The van der Waals surface area contributed by atoms with Gasteiger partial charge in [0.1, 0.15) is 6.10 Å². The molecule has 1 fully saturated rings. The van der Waals surface area contributed by atoms with Gasteiger partial charge in [0, 0.05) is 5.92 Å². The van der Waals surface area contributed by atoms with Crippen molar-refractivity contribution in [2.45, 2.75) is 31.7 Å². The first kappa shape index (κ1) is 11.4. The van der Waals surface area contributed by atoms with Crippen LogP contribution in [0.15, 0.2) is 43.0 Å². The fraction of sp³-hybridized carbons (Fsp3) is 0.429. The van der Waals surface area contributed by atoms with E-state index in [0.717, 1.165) is 0 Å². The average Bonchev–Trinajstić information content (AvgIpc) is 3.09. The summed E-state index contributed by atoms with van der Waals surface area (Å²) in [5, 5.41) is 9.84. The van der Waals surface area contributed by atoms with Crippen LogP contribution >= 0.6 is 0 Å². The molecule has 1 heterocycles.